The molecule has 1 heterocycles. The molecule has 0 bridgehead atoms. The van der Waals surface area contributed by atoms with E-state index in [1.165, 1.54) is 11.1 Å². The Morgan fingerprint density at radius 3 is 2.23 bits per heavy atom. The fourth-order valence-corrected chi connectivity index (χ4v) is 2.70. The van der Waals surface area contributed by atoms with Gasteiger partial charge in [-0.3, -0.25) is 0 Å². The molecule has 22 heavy (non-hydrogen) atoms. The molecule has 1 aliphatic heterocycles. The van der Waals surface area contributed by atoms with Crippen molar-refractivity contribution in [3.63, 3.8) is 0 Å². The topological polar surface area (TPSA) is 24.8 Å². The van der Waals surface area contributed by atoms with E-state index in [0.717, 1.165) is 12.1 Å². The monoisotopic (exact) mass is 294 g/mol. The van der Waals surface area contributed by atoms with Gasteiger partial charge in [0.2, 0.25) is 0 Å². The summed E-state index contributed by atoms with van der Waals surface area (Å²) in [4.78, 5) is 6.41. The minimum absolute atomic E-state index is 0.0891. The maximum absolute atomic E-state index is 6.16. The molecule has 0 radical (unpaired) electrons. The molecule has 0 fully saturated rings. The van der Waals surface area contributed by atoms with Crippen molar-refractivity contribution in [3.8, 4) is 11.1 Å². The Bertz CT molecular complexity index is 647. The van der Waals surface area contributed by atoms with Gasteiger partial charge in [0.1, 0.15) is 0 Å². The summed E-state index contributed by atoms with van der Waals surface area (Å²) in [5, 5.41) is 0. The van der Waals surface area contributed by atoms with Crippen LogP contribution in [-0.4, -0.2) is 31.1 Å². The van der Waals surface area contributed by atoms with Gasteiger partial charge < -0.3 is 9.64 Å². The molecule has 0 aliphatic carbocycles. The van der Waals surface area contributed by atoms with Crippen LogP contribution in [0, 0.1) is 0 Å². The second-order valence-electron chi connectivity index (χ2n) is 6.23. The van der Waals surface area contributed by atoms with Crippen LogP contribution in [0.2, 0.25) is 0 Å². The van der Waals surface area contributed by atoms with Crippen LogP contribution in [0.15, 0.2) is 59.6 Å². The molecule has 2 aromatic rings. The molecule has 3 rings (SSSR count). The Hall–Kier alpha value is -2.13. The van der Waals surface area contributed by atoms with E-state index in [1.807, 2.05) is 24.4 Å². The number of benzene rings is 2. The van der Waals surface area contributed by atoms with Crippen LogP contribution in [0.5, 0.6) is 0 Å². The van der Waals surface area contributed by atoms with E-state index < -0.39 is 0 Å². The largest absolute Gasteiger partial charge is 0.361 e. The van der Waals surface area contributed by atoms with E-state index in [2.05, 4.69) is 67.4 Å². The van der Waals surface area contributed by atoms with Gasteiger partial charge in [0, 0.05) is 7.05 Å². The lowest BCUT2D eigenvalue weighted by atomic mass is 9.95. The molecule has 3 nitrogen and oxygen atoms in total. The van der Waals surface area contributed by atoms with Crippen LogP contribution in [0.1, 0.15) is 19.4 Å². The van der Waals surface area contributed by atoms with E-state index in [-0.39, 0.29) is 11.8 Å². The summed E-state index contributed by atoms with van der Waals surface area (Å²) in [5.74, 6) is 0. The van der Waals surface area contributed by atoms with Gasteiger partial charge in [-0.1, -0.05) is 54.6 Å². The lowest BCUT2D eigenvalue weighted by Crippen LogP contribution is -2.30. The predicted octanol–water partition coefficient (Wildman–Crippen LogP) is 3.91. The van der Waals surface area contributed by atoms with Crippen molar-refractivity contribution in [3.05, 3.63) is 60.2 Å². The smallest absolute Gasteiger partial charge is 0.168 e. The molecular weight excluding hydrogens is 272 g/mol. The lowest BCUT2D eigenvalue weighted by molar-refractivity contribution is -0.0708. The first-order chi connectivity index (χ1) is 10.5. The maximum Gasteiger partial charge on any atom is 0.168 e. The highest BCUT2D eigenvalue weighted by atomic mass is 16.5. The zero-order valence-corrected chi connectivity index (χ0v) is 13.4. The normalized spacial score (nSPS) is 18.0. The summed E-state index contributed by atoms with van der Waals surface area (Å²) in [6.45, 7) is 5.00. The van der Waals surface area contributed by atoms with Gasteiger partial charge in [-0.25, -0.2) is 4.99 Å². The SMILES string of the molecule is CN1C=NC(OC(C)(C)c2ccc(-c3ccccc3)cc2)C1. The molecule has 1 unspecified atom stereocenters. The molecule has 0 aromatic heterocycles. The van der Waals surface area contributed by atoms with Crippen molar-refractivity contribution in [2.24, 2.45) is 4.99 Å². The zero-order valence-electron chi connectivity index (χ0n) is 13.4. The average Bonchev–Trinajstić information content (AvgIpc) is 2.93. The standard InChI is InChI=1S/C19H22N2O/c1-19(2,22-18-13-21(3)14-20-18)17-11-9-16(10-12-17)15-7-5-4-6-8-15/h4-12,14,18H,13H2,1-3H3. The van der Waals surface area contributed by atoms with Gasteiger partial charge in [-0.2, -0.15) is 0 Å². The van der Waals surface area contributed by atoms with Gasteiger partial charge in [-0.15, -0.1) is 0 Å². The second-order valence-corrected chi connectivity index (χ2v) is 6.23. The molecule has 0 saturated carbocycles. The number of hydrogen-bond acceptors (Lipinski definition) is 3. The van der Waals surface area contributed by atoms with Gasteiger partial charge in [0.15, 0.2) is 6.23 Å². The number of likely N-dealkylation sites (N-methyl/N-ethyl adjacent to an activating group) is 1. The Balaban J connectivity index is 1.75. The number of ether oxygens (including phenoxy) is 1. The Labute approximate surface area is 132 Å². The van der Waals surface area contributed by atoms with Crippen molar-refractivity contribution in [2.45, 2.75) is 25.7 Å². The molecule has 114 valence electrons. The third-order valence-corrected chi connectivity index (χ3v) is 3.99. The molecule has 0 spiro atoms. The third-order valence-electron chi connectivity index (χ3n) is 3.99. The van der Waals surface area contributed by atoms with E-state index in [1.54, 1.807) is 0 Å². The lowest BCUT2D eigenvalue weighted by Gasteiger charge is -2.28. The first-order valence-corrected chi connectivity index (χ1v) is 7.62. The number of aliphatic imine (C=N–C) groups is 1. The van der Waals surface area contributed by atoms with Crippen LogP contribution in [0.4, 0.5) is 0 Å². The van der Waals surface area contributed by atoms with Crippen molar-refractivity contribution >= 4 is 6.34 Å². The molecule has 1 aliphatic rings. The maximum atomic E-state index is 6.16. The van der Waals surface area contributed by atoms with E-state index >= 15 is 0 Å². The fourth-order valence-electron chi connectivity index (χ4n) is 2.70. The zero-order chi connectivity index (χ0) is 15.6. The highest BCUT2D eigenvalue weighted by Crippen LogP contribution is 2.29. The summed E-state index contributed by atoms with van der Waals surface area (Å²) in [6, 6.07) is 19.0. The summed E-state index contributed by atoms with van der Waals surface area (Å²) in [6.07, 6.45) is 1.74. The van der Waals surface area contributed by atoms with Crippen molar-refractivity contribution in [1.82, 2.24) is 4.90 Å². The average molecular weight is 294 g/mol. The van der Waals surface area contributed by atoms with Crippen molar-refractivity contribution in [1.29, 1.82) is 0 Å². The Morgan fingerprint density at radius 2 is 1.64 bits per heavy atom. The summed E-state index contributed by atoms with van der Waals surface area (Å²) in [7, 11) is 2.01. The quantitative estimate of drug-likeness (QED) is 0.854. The predicted molar refractivity (Wildman–Crippen MR) is 90.9 cm³/mol. The molecule has 0 saturated heterocycles. The molecule has 2 aromatic carbocycles. The van der Waals surface area contributed by atoms with Crippen LogP contribution in [0.3, 0.4) is 0 Å². The number of nitrogens with zero attached hydrogens (tertiary/aromatic N) is 2. The van der Waals surface area contributed by atoms with Crippen LogP contribution >= 0.6 is 0 Å². The van der Waals surface area contributed by atoms with Crippen molar-refractivity contribution in [2.75, 3.05) is 13.6 Å². The van der Waals surface area contributed by atoms with Crippen LogP contribution in [-0.2, 0) is 10.3 Å². The molecule has 1 atom stereocenters. The number of hydrogen-bond donors (Lipinski definition) is 0. The number of rotatable bonds is 4. The Morgan fingerprint density at radius 1 is 1.00 bits per heavy atom. The Kier molecular flexibility index (Phi) is 3.99. The van der Waals surface area contributed by atoms with E-state index in [0.29, 0.717) is 0 Å². The summed E-state index contributed by atoms with van der Waals surface area (Å²) in [5.41, 5.74) is 3.26. The van der Waals surface area contributed by atoms with E-state index in [4.69, 9.17) is 4.74 Å². The van der Waals surface area contributed by atoms with Gasteiger partial charge in [0.05, 0.1) is 18.5 Å². The molecular formula is C19H22N2O. The first kappa shape index (κ1) is 14.8. The minimum atomic E-state index is -0.359. The van der Waals surface area contributed by atoms with E-state index in [9.17, 15) is 0 Å². The van der Waals surface area contributed by atoms with Gasteiger partial charge in [0.25, 0.3) is 0 Å². The van der Waals surface area contributed by atoms with Crippen molar-refractivity contribution < 1.29 is 4.74 Å². The minimum Gasteiger partial charge on any atom is -0.361 e. The van der Waals surface area contributed by atoms with Crippen LogP contribution < -0.4 is 0 Å². The van der Waals surface area contributed by atoms with Crippen LogP contribution in [0.25, 0.3) is 11.1 Å². The molecule has 0 N–H and O–H groups in total. The highest BCUT2D eigenvalue weighted by molar-refractivity contribution is 5.63. The second kappa shape index (κ2) is 5.93. The van der Waals surface area contributed by atoms with Gasteiger partial charge in [-0.05, 0) is 30.5 Å². The first-order valence-electron chi connectivity index (χ1n) is 7.62. The molecule has 0 amide bonds. The summed E-state index contributed by atoms with van der Waals surface area (Å²) >= 11 is 0. The molecule has 3 heteroatoms. The highest BCUT2D eigenvalue weighted by Gasteiger charge is 2.27. The van der Waals surface area contributed by atoms with Gasteiger partial charge >= 0.3 is 0 Å². The fraction of sp³-hybridized carbons (Fsp3) is 0.316. The summed E-state index contributed by atoms with van der Waals surface area (Å²) < 4.78 is 6.16. The third kappa shape index (κ3) is 3.20.